The number of thiophene rings is 1. The molecule has 3 nitrogen and oxygen atoms in total. The predicted molar refractivity (Wildman–Crippen MR) is 91.0 cm³/mol. The summed E-state index contributed by atoms with van der Waals surface area (Å²) in [5.41, 5.74) is 0. The fourth-order valence-corrected chi connectivity index (χ4v) is 4.54. The van der Waals surface area contributed by atoms with Gasteiger partial charge in [-0.15, -0.1) is 11.3 Å². The van der Waals surface area contributed by atoms with E-state index in [1.54, 1.807) is 0 Å². The van der Waals surface area contributed by atoms with E-state index < -0.39 is 0 Å². The molecule has 3 rings (SSSR count). The first-order valence-electron chi connectivity index (χ1n) is 8.60. The highest BCUT2D eigenvalue weighted by molar-refractivity contribution is 7.10. The summed E-state index contributed by atoms with van der Waals surface area (Å²) in [6, 6.07) is 5.83. The van der Waals surface area contributed by atoms with Crippen LogP contribution in [-0.4, -0.2) is 55.1 Å². The normalized spacial score (nSPS) is 23.7. The Morgan fingerprint density at radius 2 is 2.00 bits per heavy atom. The van der Waals surface area contributed by atoms with Crippen molar-refractivity contribution in [2.24, 2.45) is 0 Å². The third-order valence-electron chi connectivity index (χ3n) is 5.09. The molecule has 1 atom stereocenters. The first kappa shape index (κ1) is 15.5. The Morgan fingerprint density at radius 1 is 1.24 bits per heavy atom. The van der Waals surface area contributed by atoms with Gasteiger partial charge in [-0.1, -0.05) is 13.0 Å². The van der Waals surface area contributed by atoms with Gasteiger partial charge >= 0.3 is 0 Å². The third kappa shape index (κ3) is 4.07. The maximum absolute atomic E-state index is 3.87. The van der Waals surface area contributed by atoms with E-state index in [0.29, 0.717) is 6.04 Å². The fourth-order valence-electron chi connectivity index (χ4n) is 3.68. The summed E-state index contributed by atoms with van der Waals surface area (Å²) >= 11 is 1.92. The Labute approximate surface area is 133 Å². The largest absolute Gasteiger partial charge is 0.312 e. The number of hydrogen-bond donors (Lipinski definition) is 1. The lowest BCUT2D eigenvalue weighted by atomic mass is 10.0. The van der Waals surface area contributed by atoms with Gasteiger partial charge in [0, 0.05) is 17.5 Å². The minimum atomic E-state index is 0.594. The summed E-state index contributed by atoms with van der Waals surface area (Å²) < 4.78 is 0. The second-order valence-corrected chi connectivity index (χ2v) is 7.37. The van der Waals surface area contributed by atoms with E-state index in [1.165, 1.54) is 63.3 Å². The third-order valence-corrected chi connectivity index (χ3v) is 6.06. The highest BCUT2D eigenvalue weighted by Crippen LogP contribution is 2.28. The van der Waals surface area contributed by atoms with Crippen molar-refractivity contribution < 1.29 is 0 Å². The molecule has 21 heavy (non-hydrogen) atoms. The van der Waals surface area contributed by atoms with Crippen LogP contribution in [0.15, 0.2) is 17.5 Å². The molecule has 0 unspecified atom stereocenters. The fraction of sp³-hybridized carbons (Fsp3) is 0.765. The van der Waals surface area contributed by atoms with E-state index in [9.17, 15) is 0 Å². The van der Waals surface area contributed by atoms with E-state index in [-0.39, 0.29) is 0 Å². The van der Waals surface area contributed by atoms with Crippen LogP contribution in [0.25, 0.3) is 0 Å². The van der Waals surface area contributed by atoms with Crippen LogP contribution in [0.3, 0.4) is 0 Å². The molecule has 1 aromatic rings. The minimum absolute atomic E-state index is 0.594. The van der Waals surface area contributed by atoms with Crippen LogP contribution < -0.4 is 5.32 Å². The summed E-state index contributed by atoms with van der Waals surface area (Å²) in [7, 11) is 0. The molecule has 4 heteroatoms. The molecule has 2 aliphatic rings. The van der Waals surface area contributed by atoms with Crippen LogP contribution in [0, 0.1) is 0 Å². The molecule has 0 radical (unpaired) electrons. The lowest BCUT2D eigenvalue weighted by Crippen LogP contribution is -2.45. The zero-order chi connectivity index (χ0) is 14.5. The molecule has 0 aliphatic carbocycles. The number of nitrogens with one attached hydrogen (secondary N) is 1. The van der Waals surface area contributed by atoms with Crippen LogP contribution in [0.2, 0.25) is 0 Å². The van der Waals surface area contributed by atoms with Crippen LogP contribution in [0.4, 0.5) is 0 Å². The SMILES string of the molecule is CCN1CCC(NC[C@@H](c2cccs2)N2CCCC2)CC1. The van der Waals surface area contributed by atoms with Crippen LogP contribution in [-0.2, 0) is 0 Å². The lowest BCUT2D eigenvalue weighted by Gasteiger charge is -2.34. The molecule has 0 aromatic carbocycles. The summed E-state index contributed by atoms with van der Waals surface area (Å²) in [5, 5.41) is 6.09. The van der Waals surface area contributed by atoms with Crippen molar-refractivity contribution in [3.05, 3.63) is 22.4 Å². The Bertz CT molecular complexity index is 392. The van der Waals surface area contributed by atoms with E-state index in [0.717, 1.165) is 12.6 Å². The standard InChI is InChI=1S/C17H29N3S/c1-2-19-11-7-15(8-12-19)18-14-16(17-6-5-13-21-17)20-9-3-4-10-20/h5-6,13,15-16,18H,2-4,7-12,14H2,1H3/t16-/m0/s1. The van der Waals surface area contributed by atoms with Crippen LogP contribution >= 0.6 is 11.3 Å². The number of piperidine rings is 1. The molecule has 0 bridgehead atoms. The van der Waals surface area contributed by atoms with Gasteiger partial charge in [0.1, 0.15) is 0 Å². The lowest BCUT2D eigenvalue weighted by molar-refractivity contribution is 0.188. The number of hydrogen-bond acceptors (Lipinski definition) is 4. The zero-order valence-electron chi connectivity index (χ0n) is 13.3. The summed E-state index contributed by atoms with van der Waals surface area (Å²) in [4.78, 5) is 6.78. The zero-order valence-corrected chi connectivity index (χ0v) is 14.1. The van der Waals surface area contributed by atoms with Gasteiger partial charge in [-0.25, -0.2) is 0 Å². The molecule has 1 N–H and O–H groups in total. The van der Waals surface area contributed by atoms with Crippen molar-refractivity contribution in [1.82, 2.24) is 15.1 Å². The summed E-state index contributed by atoms with van der Waals surface area (Å²) in [6.45, 7) is 9.68. The van der Waals surface area contributed by atoms with Crippen molar-refractivity contribution in [3.8, 4) is 0 Å². The molecule has 2 fully saturated rings. The number of nitrogens with zero attached hydrogens (tertiary/aromatic N) is 2. The Kier molecular flexibility index (Phi) is 5.69. The molecule has 3 heterocycles. The summed E-state index contributed by atoms with van der Waals surface area (Å²) in [5.74, 6) is 0. The first-order valence-corrected chi connectivity index (χ1v) is 9.48. The van der Waals surface area contributed by atoms with Crippen LogP contribution in [0.1, 0.15) is 43.5 Å². The second-order valence-electron chi connectivity index (χ2n) is 6.39. The van der Waals surface area contributed by atoms with E-state index >= 15 is 0 Å². The molecule has 1 aromatic heterocycles. The maximum Gasteiger partial charge on any atom is 0.0566 e. The van der Waals surface area contributed by atoms with Crippen molar-refractivity contribution in [1.29, 1.82) is 0 Å². The maximum atomic E-state index is 3.87. The second kappa shape index (κ2) is 7.73. The average Bonchev–Trinajstić information content (AvgIpc) is 3.22. The van der Waals surface area contributed by atoms with E-state index in [1.807, 2.05) is 11.3 Å². The van der Waals surface area contributed by atoms with Gasteiger partial charge in [0.2, 0.25) is 0 Å². The molecule has 118 valence electrons. The minimum Gasteiger partial charge on any atom is -0.312 e. The highest BCUT2D eigenvalue weighted by atomic mass is 32.1. The van der Waals surface area contributed by atoms with E-state index in [2.05, 4.69) is 39.6 Å². The van der Waals surface area contributed by atoms with Crippen molar-refractivity contribution in [2.75, 3.05) is 39.3 Å². The monoisotopic (exact) mass is 307 g/mol. The van der Waals surface area contributed by atoms with Crippen LogP contribution in [0.5, 0.6) is 0 Å². The van der Waals surface area contributed by atoms with Crippen molar-refractivity contribution in [3.63, 3.8) is 0 Å². The molecule has 2 aliphatic heterocycles. The molecule has 0 spiro atoms. The van der Waals surface area contributed by atoms with Gasteiger partial charge in [0.15, 0.2) is 0 Å². The first-order chi connectivity index (χ1) is 10.4. The Balaban J connectivity index is 1.53. The molecular weight excluding hydrogens is 278 g/mol. The van der Waals surface area contributed by atoms with Crippen molar-refractivity contribution >= 4 is 11.3 Å². The molecule has 0 saturated carbocycles. The molecule has 0 amide bonds. The molecular formula is C17H29N3S. The topological polar surface area (TPSA) is 18.5 Å². The Hall–Kier alpha value is -0.420. The van der Waals surface area contributed by atoms with Crippen molar-refractivity contribution in [2.45, 2.75) is 44.7 Å². The number of likely N-dealkylation sites (tertiary alicyclic amines) is 2. The quantitative estimate of drug-likeness (QED) is 0.872. The van der Waals surface area contributed by atoms with Gasteiger partial charge < -0.3 is 10.2 Å². The predicted octanol–water partition coefficient (Wildman–Crippen LogP) is 2.96. The van der Waals surface area contributed by atoms with Gasteiger partial charge in [-0.3, -0.25) is 4.90 Å². The van der Waals surface area contributed by atoms with Gasteiger partial charge in [0.05, 0.1) is 6.04 Å². The Morgan fingerprint density at radius 3 is 2.62 bits per heavy atom. The van der Waals surface area contributed by atoms with Gasteiger partial charge in [-0.05, 0) is 69.9 Å². The summed E-state index contributed by atoms with van der Waals surface area (Å²) in [6.07, 6.45) is 5.36. The van der Waals surface area contributed by atoms with Gasteiger partial charge in [-0.2, -0.15) is 0 Å². The van der Waals surface area contributed by atoms with Gasteiger partial charge in [0.25, 0.3) is 0 Å². The average molecular weight is 308 g/mol. The van der Waals surface area contributed by atoms with E-state index in [4.69, 9.17) is 0 Å². The number of rotatable bonds is 6. The molecule has 2 saturated heterocycles. The highest BCUT2D eigenvalue weighted by Gasteiger charge is 2.25. The smallest absolute Gasteiger partial charge is 0.0566 e.